The number of sulfonamides is 1. The molecule has 1 amide bonds. The van der Waals surface area contributed by atoms with Crippen molar-refractivity contribution in [3.05, 3.63) is 83.9 Å². The van der Waals surface area contributed by atoms with Gasteiger partial charge in [0.2, 0.25) is 0 Å². The van der Waals surface area contributed by atoms with Crippen LogP contribution in [0.5, 0.6) is 5.75 Å². The standard InChI is InChI=1S/C23H22F2N2O4S/c1-3-27(32(29,30)20-11-4-16(2)5-12-20)18-7-9-19(10-8-18)31-15-23(28)26-22-13-6-17(24)14-21(22)25/h4-14H,3,15H2,1-2H3,(H,26,28). The van der Waals surface area contributed by atoms with Crippen LogP contribution in [-0.4, -0.2) is 27.5 Å². The van der Waals surface area contributed by atoms with Crippen molar-refractivity contribution in [3.8, 4) is 5.75 Å². The number of nitrogens with one attached hydrogen (secondary N) is 1. The number of nitrogens with zero attached hydrogens (tertiary/aromatic N) is 1. The highest BCUT2D eigenvalue weighted by atomic mass is 32.2. The Morgan fingerprint density at radius 1 is 1.00 bits per heavy atom. The van der Waals surface area contributed by atoms with Crippen LogP contribution in [0.3, 0.4) is 0 Å². The molecule has 0 aromatic heterocycles. The van der Waals surface area contributed by atoms with Crippen LogP contribution in [0.1, 0.15) is 12.5 Å². The minimum absolute atomic E-state index is 0.157. The SMILES string of the molecule is CCN(c1ccc(OCC(=O)Nc2ccc(F)cc2F)cc1)S(=O)(=O)c1ccc(C)cc1. The van der Waals surface area contributed by atoms with Crippen molar-refractivity contribution < 1.29 is 26.7 Å². The first-order valence-corrected chi connectivity index (χ1v) is 11.2. The smallest absolute Gasteiger partial charge is 0.264 e. The summed E-state index contributed by atoms with van der Waals surface area (Å²) in [6.45, 7) is 3.43. The van der Waals surface area contributed by atoms with Crippen LogP contribution in [0.25, 0.3) is 0 Å². The number of halogens is 2. The summed E-state index contributed by atoms with van der Waals surface area (Å²) in [5.74, 6) is -1.94. The molecule has 0 aliphatic carbocycles. The Kier molecular flexibility index (Phi) is 7.09. The van der Waals surface area contributed by atoms with Crippen LogP contribution in [-0.2, 0) is 14.8 Å². The van der Waals surface area contributed by atoms with Crippen molar-refractivity contribution in [2.24, 2.45) is 0 Å². The molecular formula is C23H22F2N2O4S. The van der Waals surface area contributed by atoms with Gasteiger partial charge in [-0.05, 0) is 62.4 Å². The van der Waals surface area contributed by atoms with Gasteiger partial charge >= 0.3 is 0 Å². The quantitative estimate of drug-likeness (QED) is 0.537. The number of amides is 1. The van der Waals surface area contributed by atoms with E-state index in [0.717, 1.165) is 17.7 Å². The summed E-state index contributed by atoms with van der Waals surface area (Å²) < 4.78 is 59.2. The Morgan fingerprint density at radius 3 is 2.25 bits per heavy atom. The first-order valence-electron chi connectivity index (χ1n) is 9.78. The first kappa shape index (κ1) is 23.2. The summed E-state index contributed by atoms with van der Waals surface area (Å²) in [4.78, 5) is 12.2. The first-order chi connectivity index (χ1) is 15.2. The van der Waals surface area contributed by atoms with Gasteiger partial charge in [-0.1, -0.05) is 17.7 Å². The van der Waals surface area contributed by atoms with Crippen molar-refractivity contribution in [1.82, 2.24) is 0 Å². The van der Waals surface area contributed by atoms with Crippen LogP contribution in [0.4, 0.5) is 20.2 Å². The second-order valence-corrected chi connectivity index (χ2v) is 8.80. The molecule has 0 aliphatic heterocycles. The lowest BCUT2D eigenvalue weighted by Gasteiger charge is -2.23. The molecular weight excluding hydrogens is 438 g/mol. The van der Waals surface area contributed by atoms with Crippen molar-refractivity contribution in [2.45, 2.75) is 18.7 Å². The molecule has 168 valence electrons. The summed E-state index contributed by atoms with van der Waals surface area (Å²) in [5, 5.41) is 2.30. The molecule has 3 rings (SSSR count). The predicted octanol–water partition coefficient (Wildman–Crippen LogP) is 4.51. The zero-order valence-electron chi connectivity index (χ0n) is 17.5. The van der Waals surface area contributed by atoms with Gasteiger partial charge < -0.3 is 10.1 Å². The number of rotatable bonds is 8. The van der Waals surface area contributed by atoms with E-state index in [1.807, 2.05) is 6.92 Å². The molecule has 0 atom stereocenters. The highest BCUT2D eigenvalue weighted by Gasteiger charge is 2.23. The number of hydrogen-bond acceptors (Lipinski definition) is 4. The minimum atomic E-state index is -3.74. The minimum Gasteiger partial charge on any atom is -0.484 e. The molecule has 0 aliphatic rings. The third kappa shape index (κ3) is 5.42. The molecule has 0 unspecified atom stereocenters. The fraction of sp³-hybridized carbons (Fsp3) is 0.174. The lowest BCUT2D eigenvalue weighted by Crippen LogP contribution is -2.30. The van der Waals surface area contributed by atoms with E-state index in [4.69, 9.17) is 4.74 Å². The number of anilines is 2. The maximum Gasteiger partial charge on any atom is 0.264 e. The lowest BCUT2D eigenvalue weighted by molar-refractivity contribution is -0.118. The second-order valence-electron chi connectivity index (χ2n) is 6.94. The van der Waals surface area contributed by atoms with Crippen LogP contribution in [0.2, 0.25) is 0 Å². The Balaban J connectivity index is 1.65. The molecule has 1 N–H and O–H groups in total. The largest absolute Gasteiger partial charge is 0.484 e. The average molecular weight is 461 g/mol. The van der Waals surface area contributed by atoms with Gasteiger partial charge in [0.1, 0.15) is 17.4 Å². The zero-order chi connectivity index (χ0) is 23.3. The fourth-order valence-corrected chi connectivity index (χ4v) is 4.44. The maximum absolute atomic E-state index is 13.6. The van der Waals surface area contributed by atoms with E-state index >= 15 is 0 Å². The molecule has 0 radical (unpaired) electrons. The number of carbonyl (C=O) groups is 1. The normalized spacial score (nSPS) is 11.1. The Morgan fingerprint density at radius 2 is 1.66 bits per heavy atom. The molecule has 32 heavy (non-hydrogen) atoms. The number of hydrogen-bond donors (Lipinski definition) is 1. The van der Waals surface area contributed by atoms with Crippen LogP contribution >= 0.6 is 0 Å². The summed E-state index contributed by atoms with van der Waals surface area (Å²) in [5.41, 5.74) is 1.24. The zero-order valence-corrected chi connectivity index (χ0v) is 18.3. The predicted molar refractivity (Wildman–Crippen MR) is 118 cm³/mol. The van der Waals surface area contributed by atoms with Crippen LogP contribution in [0.15, 0.2) is 71.6 Å². The third-order valence-corrected chi connectivity index (χ3v) is 6.51. The Labute approximate surface area is 185 Å². The van der Waals surface area contributed by atoms with E-state index in [0.29, 0.717) is 17.5 Å². The fourth-order valence-electron chi connectivity index (χ4n) is 2.96. The molecule has 0 saturated carbocycles. The van der Waals surface area contributed by atoms with E-state index < -0.39 is 34.2 Å². The van der Waals surface area contributed by atoms with E-state index in [2.05, 4.69) is 5.32 Å². The van der Waals surface area contributed by atoms with Gasteiger partial charge in [0.25, 0.3) is 15.9 Å². The molecule has 3 aromatic rings. The summed E-state index contributed by atoms with van der Waals surface area (Å²) in [6.07, 6.45) is 0. The highest BCUT2D eigenvalue weighted by Crippen LogP contribution is 2.26. The van der Waals surface area contributed by atoms with Gasteiger partial charge in [0.15, 0.2) is 6.61 Å². The van der Waals surface area contributed by atoms with Gasteiger partial charge in [-0.25, -0.2) is 17.2 Å². The molecule has 6 nitrogen and oxygen atoms in total. The van der Waals surface area contributed by atoms with Gasteiger partial charge in [-0.2, -0.15) is 0 Å². The van der Waals surface area contributed by atoms with E-state index in [9.17, 15) is 22.0 Å². The molecule has 0 bridgehead atoms. The van der Waals surface area contributed by atoms with Crippen molar-refractivity contribution >= 4 is 27.3 Å². The highest BCUT2D eigenvalue weighted by molar-refractivity contribution is 7.92. The van der Waals surface area contributed by atoms with Crippen LogP contribution in [0, 0.1) is 18.6 Å². The number of aryl methyl sites for hydroxylation is 1. The lowest BCUT2D eigenvalue weighted by atomic mass is 10.2. The van der Waals surface area contributed by atoms with Gasteiger partial charge in [0, 0.05) is 12.6 Å². The summed E-state index contributed by atoms with van der Waals surface area (Å²) in [6, 6.07) is 15.6. The summed E-state index contributed by atoms with van der Waals surface area (Å²) in [7, 11) is -3.74. The maximum atomic E-state index is 13.6. The van der Waals surface area contributed by atoms with Crippen molar-refractivity contribution in [1.29, 1.82) is 0 Å². The number of benzene rings is 3. The molecule has 0 fully saturated rings. The Bertz CT molecular complexity index is 1200. The number of carbonyl (C=O) groups excluding carboxylic acids is 1. The summed E-state index contributed by atoms with van der Waals surface area (Å²) >= 11 is 0. The van der Waals surface area contributed by atoms with E-state index in [-0.39, 0.29) is 17.1 Å². The van der Waals surface area contributed by atoms with Crippen molar-refractivity contribution in [3.63, 3.8) is 0 Å². The number of ether oxygens (including phenoxy) is 1. The molecule has 0 saturated heterocycles. The third-order valence-electron chi connectivity index (χ3n) is 4.60. The monoisotopic (exact) mass is 460 g/mol. The second kappa shape index (κ2) is 9.78. The average Bonchev–Trinajstić information content (AvgIpc) is 2.76. The van der Waals surface area contributed by atoms with Crippen molar-refractivity contribution in [2.75, 3.05) is 22.8 Å². The topological polar surface area (TPSA) is 75.7 Å². The van der Waals surface area contributed by atoms with E-state index in [1.54, 1.807) is 43.3 Å². The van der Waals surface area contributed by atoms with Gasteiger partial charge in [-0.15, -0.1) is 0 Å². The van der Waals surface area contributed by atoms with E-state index in [1.165, 1.54) is 16.4 Å². The molecule has 0 spiro atoms. The Hall–Kier alpha value is -3.46. The van der Waals surface area contributed by atoms with Gasteiger partial charge in [0.05, 0.1) is 16.3 Å². The van der Waals surface area contributed by atoms with Gasteiger partial charge in [-0.3, -0.25) is 9.10 Å². The molecule has 3 aromatic carbocycles. The molecule has 0 heterocycles. The van der Waals surface area contributed by atoms with Crippen LogP contribution < -0.4 is 14.4 Å². The molecule has 9 heteroatoms.